The van der Waals surface area contributed by atoms with Crippen molar-refractivity contribution in [1.82, 2.24) is 5.32 Å². The molecule has 0 radical (unpaired) electrons. The second-order valence-corrected chi connectivity index (χ2v) is 2.97. The molecular formula is C8H8BrNO. The first kappa shape index (κ1) is 8.27. The number of nitrogens with one attached hydrogen (secondary N) is 1. The number of hydrogen-bond donors (Lipinski definition) is 1. The van der Waals surface area contributed by atoms with Crippen LogP contribution in [0, 0.1) is 0 Å². The summed E-state index contributed by atoms with van der Waals surface area (Å²) in [7, 11) is 0. The van der Waals surface area contributed by atoms with Crippen LogP contribution >= 0.6 is 15.9 Å². The van der Waals surface area contributed by atoms with Crippen LogP contribution in [0.3, 0.4) is 0 Å². The van der Waals surface area contributed by atoms with E-state index in [0.717, 1.165) is 5.56 Å². The number of amides is 1. The number of hydrogen-bond acceptors (Lipinski definition) is 1. The van der Waals surface area contributed by atoms with E-state index in [1.165, 1.54) is 0 Å². The van der Waals surface area contributed by atoms with Crippen molar-refractivity contribution in [2.45, 2.75) is 4.95 Å². The van der Waals surface area contributed by atoms with Gasteiger partial charge >= 0.3 is 0 Å². The third-order valence-electron chi connectivity index (χ3n) is 1.31. The third-order valence-corrected chi connectivity index (χ3v) is 2.10. The van der Waals surface area contributed by atoms with Crippen molar-refractivity contribution in [3.8, 4) is 0 Å². The van der Waals surface area contributed by atoms with Gasteiger partial charge < -0.3 is 5.32 Å². The minimum Gasteiger partial charge on any atom is -0.342 e. The second kappa shape index (κ2) is 4.13. The van der Waals surface area contributed by atoms with Crippen LogP contribution in [0.4, 0.5) is 0 Å². The molecular weight excluding hydrogens is 206 g/mol. The van der Waals surface area contributed by atoms with Crippen molar-refractivity contribution < 1.29 is 4.79 Å². The van der Waals surface area contributed by atoms with Crippen LogP contribution in [-0.4, -0.2) is 6.41 Å². The molecule has 0 heterocycles. The highest BCUT2D eigenvalue weighted by Gasteiger charge is 2.02. The maximum Gasteiger partial charge on any atom is 0.208 e. The summed E-state index contributed by atoms with van der Waals surface area (Å²) in [5, 5.41) is 2.60. The summed E-state index contributed by atoms with van der Waals surface area (Å²) in [5.41, 5.74) is 1.04. The molecule has 58 valence electrons. The van der Waals surface area contributed by atoms with Crippen molar-refractivity contribution in [2.24, 2.45) is 0 Å². The van der Waals surface area contributed by atoms with Gasteiger partial charge in [-0.3, -0.25) is 4.79 Å². The van der Waals surface area contributed by atoms with Crippen LogP contribution in [0.15, 0.2) is 30.3 Å². The standard InChI is InChI=1S/C8H8BrNO/c9-8(10-6-11)7-4-2-1-3-5-7/h1-6,8H,(H,10,11). The van der Waals surface area contributed by atoms with Gasteiger partial charge in [-0.15, -0.1) is 0 Å². The van der Waals surface area contributed by atoms with Crippen molar-refractivity contribution in [3.63, 3.8) is 0 Å². The van der Waals surface area contributed by atoms with Crippen LogP contribution in [0.5, 0.6) is 0 Å². The van der Waals surface area contributed by atoms with Gasteiger partial charge in [0.15, 0.2) is 0 Å². The molecule has 0 aliphatic rings. The summed E-state index contributed by atoms with van der Waals surface area (Å²) in [6.45, 7) is 0. The largest absolute Gasteiger partial charge is 0.342 e. The van der Waals surface area contributed by atoms with E-state index < -0.39 is 0 Å². The van der Waals surface area contributed by atoms with Gasteiger partial charge in [0.05, 0.1) is 0 Å². The fourth-order valence-corrected chi connectivity index (χ4v) is 1.19. The first-order valence-electron chi connectivity index (χ1n) is 3.23. The molecule has 3 heteroatoms. The molecule has 2 nitrogen and oxygen atoms in total. The lowest BCUT2D eigenvalue weighted by molar-refractivity contribution is -0.109. The van der Waals surface area contributed by atoms with Crippen LogP contribution < -0.4 is 5.32 Å². The predicted octanol–water partition coefficient (Wildman–Crippen LogP) is 1.83. The van der Waals surface area contributed by atoms with Crippen molar-refractivity contribution >= 4 is 22.3 Å². The number of alkyl halides is 1. The zero-order chi connectivity index (χ0) is 8.10. The Balaban J connectivity index is 2.68. The molecule has 1 N–H and O–H groups in total. The summed E-state index contributed by atoms with van der Waals surface area (Å²) < 4.78 is 0. The Morgan fingerprint density at radius 1 is 1.36 bits per heavy atom. The molecule has 1 aromatic rings. The Bertz CT molecular complexity index is 225. The molecule has 0 fully saturated rings. The Labute approximate surface area is 73.7 Å². The highest BCUT2D eigenvalue weighted by molar-refractivity contribution is 9.09. The molecule has 0 aliphatic heterocycles. The zero-order valence-corrected chi connectivity index (χ0v) is 7.41. The van der Waals surface area contributed by atoms with Crippen molar-refractivity contribution in [1.29, 1.82) is 0 Å². The lowest BCUT2D eigenvalue weighted by Gasteiger charge is -2.06. The molecule has 11 heavy (non-hydrogen) atoms. The third kappa shape index (κ3) is 2.35. The number of carbonyl (C=O) groups excluding carboxylic acids is 1. The van der Waals surface area contributed by atoms with Crippen LogP contribution in [0.25, 0.3) is 0 Å². The molecule has 0 aromatic heterocycles. The van der Waals surface area contributed by atoms with Gasteiger partial charge in [-0.1, -0.05) is 46.3 Å². The Morgan fingerprint density at radius 3 is 2.55 bits per heavy atom. The van der Waals surface area contributed by atoms with Gasteiger partial charge in [-0.2, -0.15) is 0 Å². The molecule has 1 aromatic carbocycles. The first-order valence-corrected chi connectivity index (χ1v) is 4.15. The van der Waals surface area contributed by atoms with Gasteiger partial charge in [-0.05, 0) is 5.56 Å². The van der Waals surface area contributed by atoms with Gasteiger partial charge in [0, 0.05) is 0 Å². The normalized spacial score (nSPS) is 12.1. The fourth-order valence-electron chi connectivity index (χ4n) is 0.778. The first-order chi connectivity index (χ1) is 5.34. The molecule has 1 amide bonds. The summed E-state index contributed by atoms with van der Waals surface area (Å²) >= 11 is 3.30. The van der Waals surface area contributed by atoms with Crippen LogP contribution in [0.1, 0.15) is 10.5 Å². The molecule has 1 unspecified atom stereocenters. The molecule has 0 aliphatic carbocycles. The smallest absolute Gasteiger partial charge is 0.208 e. The SMILES string of the molecule is O=CNC(Br)c1ccccc1. The van der Waals surface area contributed by atoms with E-state index in [9.17, 15) is 4.79 Å². The molecule has 0 bridgehead atoms. The summed E-state index contributed by atoms with van der Waals surface area (Å²) in [5.74, 6) is 0. The number of carbonyl (C=O) groups is 1. The van der Waals surface area contributed by atoms with Gasteiger partial charge in [0.1, 0.15) is 4.95 Å². The van der Waals surface area contributed by atoms with Crippen molar-refractivity contribution in [3.05, 3.63) is 35.9 Å². The molecule has 0 saturated carbocycles. The fraction of sp³-hybridized carbons (Fsp3) is 0.125. The average Bonchev–Trinajstić information content (AvgIpc) is 2.07. The average molecular weight is 214 g/mol. The van der Waals surface area contributed by atoms with E-state index >= 15 is 0 Å². The summed E-state index contributed by atoms with van der Waals surface area (Å²) in [4.78, 5) is 9.97. The molecule has 0 saturated heterocycles. The summed E-state index contributed by atoms with van der Waals surface area (Å²) in [6.07, 6.45) is 0.673. The number of benzene rings is 1. The van der Waals surface area contributed by atoms with E-state index in [4.69, 9.17) is 0 Å². The van der Waals surface area contributed by atoms with Gasteiger partial charge in [-0.25, -0.2) is 0 Å². The maximum atomic E-state index is 10.0. The Hall–Kier alpha value is -0.830. The maximum absolute atomic E-state index is 10.0. The van der Waals surface area contributed by atoms with E-state index in [2.05, 4.69) is 21.2 Å². The van der Waals surface area contributed by atoms with Crippen LogP contribution in [-0.2, 0) is 4.79 Å². The van der Waals surface area contributed by atoms with E-state index in [0.29, 0.717) is 6.41 Å². The highest BCUT2D eigenvalue weighted by Crippen LogP contribution is 2.17. The Kier molecular flexibility index (Phi) is 3.11. The predicted molar refractivity (Wildman–Crippen MR) is 47.3 cm³/mol. The van der Waals surface area contributed by atoms with Crippen LogP contribution in [0.2, 0.25) is 0 Å². The molecule has 1 rings (SSSR count). The highest BCUT2D eigenvalue weighted by atomic mass is 79.9. The van der Waals surface area contributed by atoms with Crippen molar-refractivity contribution in [2.75, 3.05) is 0 Å². The number of halogens is 1. The quantitative estimate of drug-likeness (QED) is 0.464. The molecule has 0 spiro atoms. The van der Waals surface area contributed by atoms with E-state index in [1.807, 2.05) is 30.3 Å². The van der Waals surface area contributed by atoms with E-state index in [-0.39, 0.29) is 4.95 Å². The van der Waals surface area contributed by atoms with Gasteiger partial charge in [0.25, 0.3) is 0 Å². The lowest BCUT2D eigenvalue weighted by atomic mass is 10.2. The zero-order valence-electron chi connectivity index (χ0n) is 5.83. The number of rotatable bonds is 3. The summed E-state index contributed by atoms with van der Waals surface area (Å²) in [6, 6.07) is 9.67. The minimum atomic E-state index is -0.0822. The topological polar surface area (TPSA) is 29.1 Å². The Morgan fingerprint density at radius 2 is 2.00 bits per heavy atom. The monoisotopic (exact) mass is 213 g/mol. The minimum absolute atomic E-state index is 0.0822. The lowest BCUT2D eigenvalue weighted by Crippen LogP contribution is -2.13. The van der Waals surface area contributed by atoms with E-state index in [1.54, 1.807) is 0 Å². The second-order valence-electron chi connectivity index (χ2n) is 2.06. The molecule has 1 atom stereocenters. The van der Waals surface area contributed by atoms with Gasteiger partial charge in [0.2, 0.25) is 6.41 Å².